The second-order valence-electron chi connectivity index (χ2n) is 3.13. The largest absolute Gasteiger partial charge is 0.293 e. The second-order valence-corrected chi connectivity index (χ2v) is 6.19. The number of pyridine rings is 1. The lowest BCUT2D eigenvalue weighted by Crippen LogP contribution is -1.97. The molecule has 0 saturated carbocycles. The van der Waals surface area contributed by atoms with Gasteiger partial charge in [-0.2, -0.15) is 0 Å². The number of fused-ring (bicyclic) bond motifs is 1. The Bertz CT molecular complexity index is 558. The van der Waals surface area contributed by atoms with Crippen molar-refractivity contribution >= 4 is 48.5 Å². The number of nitro groups is 1. The summed E-state index contributed by atoms with van der Waals surface area (Å²) in [4.78, 5) is 14.5. The van der Waals surface area contributed by atoms with E-state index in [0.717, 1.165) is 10.9 Å². The van der Waals surface area contributed by atoms with Crippen molar-refractivity contribution in [3.8, 4) is 0 Å². The predicted octanol–water partition coefficient (Wildman–Crippen LogP) is 3.93. The van der Waals surface area contributed by atoms with Crippen LogP contribution in [0.1, 0.15) is 9.30 Å². The quantitative estimate of drug-likeness (QED) is 0.470. The van der Waals surface area contributed by atoms with E-state index in [-0.39, 0.29) is 9.42 Å². The van der Waals surface area contributed by atoms with Gasteiger partial charge in [0.25, 0.3) is 5.69 Å². The van der Waals surface area contributed by atoms with Gasteiger partial charge < -0.3 is 0 Å². The van der Waals surface area contributed by atoms with Crippen LogP contribution >= 0.6 is 31.9 Å². The third-order valence-electron chi connectivity index (χ3n) is 2.21. The summed E-state index contributed by atoms with van der Waals surface area (Å²) in [5.74, 6) is 0. The molecule has 0 saturated heterocycles. The molecule has 1 aromatic heterocycles. The van der Waals surface area contributed by atoms with Crippen LogP contribution in [-0.4, -0.2) is 9.91 Å². The van der Waals surface area contributed by atoms with Crippen molar-refractivity contribution < 1.29 is 4.92 Å². The molecule has 0 aliphatic rings. The summed E-state index contributed by atoms with van der Waals surface area (Å²) >= 11 is 6.61. The van der Waals surface area contributed by atoms with Gasteiger partial charge in [-0.1, -0.05) is 50.1 Å². The highest BCUT2D eigenvalue weighted by Gasteiger charge is 2.21. The van der Waals surface area contributed by atoms with E-state index in [0.29, 0.717) is 5.56 Å². The Labute approximate surface area is 108 Å². The molecule has 0 spiro atoms. The summed E-state index contributed by atoms with van der Waals surface area (Å²) in [7, 11) is 0. The molecule has 0 fully saturated rings. The highest BCUT2D eigenvalue weighted by molar-refractivity contribution is 9.24. The van der Waals surface area contributed by atoms with Gasteiger partial charge in [-0.05, 0) is 6.07 Å². The molecule has 0 unspecified atom stereocenters. The van der Waals surface area contributed by atoms with Crippen LogP contribution in [-0.2, 0) is 0 Å². The number of rotatable bonds is 2. The lowest BCUT2D eigenvalue weighted by Gasteiger charge is -2.07. The summed E-state index contributed by atoms with van der Waals surface area (Å²) in [5.41, 5.74) is 1.35. The normalized spacial score (nSPS) is 10.9. The molecule has 1 heterocycles. The van der Waals surface area contributed by atoms with Gasteiger partial charge in [0.2, 0.25) is 0 Å². The molecule has 2 aromatic rings. The van der Waals surface area contributed by atoms with Gasteiger partial charge >= 0.3 is 0 Å². The van der Waals surface area contributed by atoms with Gasteiger partial charge in [0.05, 0.1) is 16.0 Å². The van der Waals surface area contributed by atoms with Crippen molar-refractivity contribution in [1.29, 1.82) is 0 Å². The third kappa shape index (κ3) is 1.94. The maximum atomic E-state index is 10.9. The Kier molecular flexibility index (Phi) is 3.20. The Morgan fingerprint density at radius 1 is 1.31 bits per heavy atom. The minimum atomic E-state index is -0.426. The van der Waals surface area contributed by atoms with Crippen LogP contribution in [0.15, 0.2) is 30.5 Å². The molecule has 0 bridgehead atoms. The molecule has 0 atom stereocenters. The number of benzene rings is 1. The first kappa shape index (κ1) is 11.5. The van der Waals surface area contributed by atoms with Crippen LogP contribution < -0.4 is 0 Å². The molecule has 4 nitrogen and oxygen atoms in total. The average molecular weight is 346 g/mol. The van der Waals surface area contributed by atoms with Crippen molar-refractivity contribution in [1.82, 2.24) is 4.98 Å². The molecule has 6 heteroatoms. The van der Waals surface area contributed by atoms with Crippen molar-refractivity contribution in [3.05, 3.63) is 46.1 Å². The summed E-state index contributed by atoms with van der Waals surface area (Å²) in [6, 6.07) is 7.33. The second kappa shape index (κ2) is 4.47. The van der Waals surface area contributed by atoms with E-state index in [1.54, 1.807) is 0 Å². The van der Waals surface area contributed by atoms with Crippen LogP contribution in [0.3, 0.4) is 0 Å². The van der Waals surface area contributed by atoms with Gasteiger partial charge in [0.15, 0.2) is 0 Å². The Hall–Kier alpha value is -1.01. The van der Waals surface area contributed by atoms with Crippen LogP contribution in [0, 0.1) is 10.1 Å². The zero-order chi connectivity index (χ0) is 11.7. The zero-order valence-corrected chi connectivity index (χ0v) is 11.1. The minimum Gasteiger partial charge on any atom is -0.258 e. The molecule has 0 amide bonds. The van der Waals surface area contributed by atoms with E-state index in [2.05, 4.69) is 36.8 Å². The Morgan fingerprint density at radius 2 is 2.00 bits per heavy atom. The molecule has 0 radical (unpaired) electrons. The molecular formula is C10H6Br2N2O2. The fraction of sp³-hybridized carbons (Fsp3) is 0.100. The van der Waals surface area contributed by atoms with Crippen LogP contribution in [0.4, 0.5) is 5.69 Å². The molecule has 0 aliphatic heterocycles. The predicted molar refractivity (Wildman–Crippen MR) is 69.0 cm³/mol. The zero-order valence-electron chi connectivity index (χ0n) is 7.93. The van der Waals surface area contributed by atoms with E-state index < -0.39 is 4.92 Å². The van der Waals surface area contributed by atoms with Gasteiger partial charge in [-0.15, -0.1) is 0 Å². The highest BCUT2D eigenvalue weighted by Crippen LogP contribution is 2.39. The number of aromatic nitrogens is 1. The minimum absolute atomic E-state index is 0.0115. The van der Waals surface area contributed by atoms with E-state index in [9.17, 15) is 10.1 Å². The molecule has 1 aromatic carbocycles. The molecular weight excluding hydrogens is 340 g/mol. The third-order valence-corrected chi connectivity index (χ3v) is 3.13. The van der Waals surface area contributed by atoms with Crippen molar-refractivity contribution in [2.45, 2.75) is 3.74 Å². The highest BCUT2D eigenvalue weighted by atomic mass is 79.9. The first-order valence-corrected chi connectivity index (χ1v) is 6.24. The van der Waals surface area contributed by atoms with Crippen molar-refractivity contribution in [3.63, 3.8) is 0 Å². The smallest absolute Gasteiger partial charge is 0.258 e. The summed E-state index contributed by atoms with van der Waals surface area (Å²) in [6.07, 6.45) is 1.28. The summed E-state index contributed by atoms with van der Waals surface area (Å²) < 4.78 is -0.270. The fourth-order valence-electron chi connectivity index (χ4n) is 1.53. The molecule has 2 rings (SSSR count). The Morgan fingerprint density at radius 3 is 2.62 bits per heavy atom. The van der Waals surface area contributed by atoms with E-state index in [4.69, 9.17) is 0 Å². The van der Waals surface area contributed by atoms with E-state index in [1.165, 1.54) is 6.20 Å². The SMILES string of the molecule is O=[N+]([O-])c1cnc2ccccc2c1C(Br)Br. The first-order valence-electron chi connectivity index (χ1n) is 4.41. The number of halogens is 2. The number of alkyl halides is 2. The molecule has 0 aliphatic carbocycles. The Balaban J connectivity index is 2.84. The van der Waals surface area contributed by atoms with Gasteiger partial charge in [-0.25, -0.2) is 4.98 Å². The number of para-hydroxylation sites is 1. The molecule has 82 valence electrons. The van der Waals surface area contributed by atoms with Gasteiger partial charge in [0.1, 0.15) is 9.93 Å². The number of hydrogen-bond acceptors (Lipinski definition) is 3. The number of nitrogens with zero attached hydrogens (tertiary/aromatic N) is 2. The maximum Gasteiger partial charge on any atom is 0.293 e. The standard InChI is InChI=1S/C10H6Br2N2O2/c11-10(12)9-6-3-1-2-4-7(6)13-5-8(9)14(15)16/h1-5,10H. The molecule has 0 N–H and O–H groups in total. The van der Waals surface area contributed by atoms with Crippen molar-refractivity contribution in [2.24, 2.45) is 0 Å². The van der Waals surface area contributed by atoms with Crippen molar-refractivity contribution in [2.75, 3.05) is 0 Å². The first-order chi connectivity index (χ1) is 7.61. The van der Waals surface area contributed by atoms with Crippen LogP contribution in [0.25, 0.3) is 10.9 Å². The van der Waals surface area contributed by atoms with Gasteiger partial charge in [0, 0.05) is 5.39 Å². The lowest BCUT2D eigenvalue weighted by molar-refractivity contribution is -0.385. The van der Waals surface area contributed by atoms with E-state index in [1.807, 2.05) is 24.3 Å². The maximum absolute atomic E-state index is 10.9. The lowest BCUT2D eigenvalue weighted by atomic mass is 10.1. The van der Waals surface area contributed by atoms with Crippen LogP contribution in [0.5, 0.6) is 0 Å². The van der Waals surface area contributed by atoms with Gasteiger partial charge in [-0.3, -0.25) is 10.1 Å². The number of hydrogen-bond donors (Lipinski definition) is 0. The molecule has 16 heavy (non-hydrogen) atoms. The summed E-state index contributed by atoms with van der Waals surface area (Å²) in [6.45, 7) is 0. The fourth-order valence-corrected chi connectivity index (χ4v) is 2.49. The van der Waals surface area contributed by atoms with Crippen LogP contribution in [0.2, 0.25) is 0 Å². The monoisotopic (exact) mass is 344 g/mol. The summed E-state index contributed by atoms with van der Waals surface area (Å²) in [5, 5.41) is 11.7. The topological polar surface area (TPSA) is 56.0 Å². The van der Waals surface area contributed by atoms with E-state index >= 15 is 0 Å². The average Bonchev–Trinajstić information content (AvgIpc) is 2.27.